The van der Waals surface area contributed by atoms with Crippen molar-refractivity contribution < 1.29 is 13.2 Å². The molecule has 0 aliphatic heterocycles. The maximum Gasteiger partial charge on any atom is 0.244 e. The third-order valence-corrected chi connectivity index (χ3v) is 5.61. The number of nitrogens with zero attached hydrogens (tertiary/aromatic N) is 1. The minimum Gasteiger partial charge on any atom is -0.377 e. The van der Waals surface area contributed by atoms with Gasteiger partial charge in [-0.05, 0) is 47.5 Å². The van der Waals surface area contributed by atoms with Gasteiger partial charge in [-0.1, -0.05) is 6.07 Å². The van der Waals surface area contributed by atoms with Crippen LogP contribution in [0.3, 0.4) is 0 Å². The molecule has 0 saturated carbocycles. The summed E-state index contributed by atoms with van der Waals surface area (Å²) in [5, 5.41) is 0. The Labute approximate surface area is 129 Å². The van der Waals surface area contributed by atoms with Crippen molar-refractivity contribution in [2.75, 3.05) is 20.2 Å². The van der Waals surface area contributed by atoms with E-state index in [1.54, 1.807) is 25.2 Å². The average molecular weight is 365 g/mol. The van der Waals surface area contributed by atoms with Crippen LogP contribution in [0.1, 0.15) is 19.4 Å². The van der Waals surface area contributed by atoms with E-state index in [-0.39, 0.29) is 11.0 Å². The fraction of sp³-hybridized carbons (Fsp3) is 0.538. The SMILES string of the molecule is CC(C)OCCN(C)S(=O)(=O)c1ccc(CN)cc1Br. The molecule has 0 atom stereocenters. The van der Waals surface area contributed by atoms with Crippen LogP contribution in [0.4, 0.5) is 0 Å². The summed E-state index contributed by atoms with van der Waals surface area (Å²) in [6.45, 7) is 4.88. The predicted octanol–water partition coefficient (Wildman–Crippen LogP) is 1.95. The van der Waals surface area contributed by atoms with Gasteiger partial charge >= 0.3 is 0 Å². The Morgan fingerprint density at radius 1 is 1.40 bits per heavy atom. The van der Waals surface area contributed by atoms with Crippen LogP contribution in [0.25, 0.3) is 0 Å². The predicted molar refractivity (Wildman–Crippen MR) is 82.9 cm³/mol. The molecule has 0 aliphatic rings. The van der Waals surface area contributed by atoms with Crippen molar-refractivity contribution in [2.24, 2.45) is 5.73 Å². The van der Waals surface area contributed by atoms with Gasteiger partial charge in [0.15, 0.2) is 0 Å². The minimum absolute atomic E-state index is 0.0849. The van der Waals surface area contributed by atoms with Crippen molar-refractivity contribution in [3.63, 3.8) is 0 Å². The van der Waals surface area contributed by atoms with Crippen molar-refractivity contribution in [1.82, 2.24) is 4.31 Å². The molecule has 0 bridgehead atoms. The minimum atomic E-state index is -3.53. The highest BCUT2D eigenvalue weighted by Crippen LogP contribution is 2.25. The van der Waals surface area contributed by atoms with Crippen molar-refractivity contribution in [3.8, 4) is 0 Å². The quantitative estimate of drug-likeness (QED) is 0.802. The average Bonchev–Trinajstić information content (AvgIpc) is 2.37. The Balaban J connectivity index is 2.87. The molecule has 2 N–H and O–H groups in total. The zero-order valence-electron chi connectivity index (χ0n) is 12.0. The van der Waals surface area contributed by atoms with Gasteiger partial charge in [0.05, 0.1) is 17.6 Å². The number of rotatable bonds is 7. The molecule has 0 aromatic heterocycles. The smallest absolute Gasteiger partial charge is 0.244 e. The van der Waals surface area contributed by atoms with E-state index in [1.807, 2.05) is 13.8 Å². The number of sulfonamides is 1. The summed E-state index contributed by atoms with van der Waals surface area (Å²) in [6.07, 6.45) is 0.0849. The molecule has 0 saturated heterocycles. The molecule has 1 aromatic carbocycles. The fourth-order valence-electron chi connectivity index (χ4n) is 1.59. The monoisotopic (exact) mass is 364 g/mol. The lowest BCUT2D eigenvalue weighted by molar-refractivity contribution is 0.0737. The Bertz CT molecular complexity index is 547. The molecule has 0 heterocycles. The largest absolute Gasteiger partial charge is 0.377 e. The molecule has 0 aliphatic carbocycles. The summed E-state index contributed by atoms with van der Waals surface area (Å²) in [5.74, 6) is 0. The Morgan fingerprint density at radius 3 is 2.55 bits per heavy atom. The van der Waals surface area contributed by atoms with Crippen LogP contribution in [0.15, 0.2) is 27.6 Å². The number of hydrogen-bond donors (Lipinski definition) is 1. The van der Waals surface area contributed by atoms with Crippen molar-refractivity contribution in [2.45, 2.75) is 31.4 Å². The van der Waals surface area contributed by atoms with E-state index < -0.39 is 10.0 Å². The van der Waals surface area contributed by atoms with E-state index >= 15 is 0 Å². The Hall–Kier alpha value is -0.470. The maximum atomic E-state index is 12.4. The first kappa shape index (κ1) is 17.6. The lowest BCUT2D eigenvalue weighted by Gasteiger charge is -2.19. The van der Waals surface area contributed by atoms with E-state index in [1.165, 1.54) is 4.31 Å². The van der Waals surface area contributed by atoms with Crippen LogP contribution in [0.2, 0.25) is 0 Å². The van der Waals surface area contributed by atoms with Crippen LogP contribution in [0, 0.1) is 0 Å². The molecule has 1 aromatic rings. The van der Waals surface area contributed by atoms with Crippen LogP contribution in [-0.4, -0.2) is 39.0 Å². The van der Waals surface area contributed by atoms with E-state index in [4.69, 9.17) is 10.5 Å². The third-order valence-electron chi connectivity index (χ3n) is 2.78. The number of nitrogens with two attached hydrogens (primary N) is 1. The molecule has 0 radical (unpaired) electrons. The molecule has 0 amide bonds. The lowest BCUT2D eigenvalue weighted by Crippen LogP contribution is -2.31. The second-order valence-corrected chi connectivity index (χ2v) is 7.58. The van der Waals surface area contributed by atoms with Gasteiger partial charge in [-0.15, -0.1) is 0 Å². The van der Waals surface area contributed by atoms with Crippen LogP contribution >= 0.6 is 15.9 Å². The maximum absolute atomic E-state index is 12.4. The van der Waals surface area contributed by atoms with Crippen LogP contribution in [0.5, 0.6) is 0 Å². The molecule has 0 unspecified atom stereocenters. The van der Waals surface area contributed by atoms with Crippen LogP contribution in [-0.2, 0) is 21.3 Å². The third kappa shape index (κ3) is 4.53. The van der Waals surface area contributed by atoms with Gasteiger partial charge in [0.1, 0.15) is 0 Å². The zero-order valence-corrected chi connectivity index (χ0v) is 14.4. The second kappa shape index (κ2) is 7.51. The van der Waals surface area contributed by atoms with Crippen molar-refractivity contribution >= 4 is 26.0 Å². The van der Waals surface area contributed by atoms with Gasteiger partial charge in [-0.3, -0.25) is 0 Å². The van der Waals surface area contributed by atoms with E-state index in [2.05, 4.69) is 15.9 Å². The first-order chi connectivity index (χ1) is 9.28. The van der Waals surface area contributed by atoms with Gasteiger partial charge in [0.2, 0.25) is 10.0 Å². The molecule has 20 heavy (non-hydrogen) atoms. The second-order valence-electron chi connectivity index (χ2n) is 4.72. The van der Waals surface area contributed by atoms with E-state index in [0.29, 0.717) is 24.2 Å². The highest BCUT2D eigenvalue weighted by atomic mass is 79.9. The highest BCUT2D eigenvalue weighted by Gasteiger charge is 2.23. The molecule has 1 rings (SSSR count). The van der Waals surface area contributed by atoms with E-state index in [0.717, 1.165) is 5.56 Å². The number of ether oxygens (including phenoxy) is 1. The van der Waals surface area contributed by atoms with Gasteiger partial charge < -0.3 is 10.5 Å². The molecule has 0 spiro atoms. The normalized spacial score (nSPS) is 12.3. The van der Waals surface area contributed by atoms with Crippen molar-refractivity contribution in [1.29, 1.82) is 0 Å². The molecular weight excluding hydrogens is 344 g/mol. The summed E-state index contributed by atoms with van der Waals surface area (Å²) >= 11 is 3.29. The van der Waals surface area contributed by atoms with Gasteiger partial charge in [-0.2, -0.15) is 4.31 Å². The summed E-state index contributed by atoms with van der Waals surface area (Å²) < 4.78 is 32.1. The molecular formula is C13H21BrN2O3S. The Morgan fingerprint density at radius 2 is 2.05 bits per heavy atom. The molecule has 114 valence electrons. The first-order valence-electron chi connectivity index (χ1n) is 6.35. The van der Waals surface area contributed by atoms with Gasteiger partial charge in [0, 0.05) is 24.6 Å². The number of likely N-dealkylation sites (N-methyl/N-ethyl adjacent to an activating group) is 1. The van der Waals surface area contributed by atoms with Crippen LogP contribution < -0.4 is 5.73 Å². The van der Waals surface area contributed by atoms with E-state index in [9.17, 15) is 8.42 Å². The first-order valence-corrected chi connectivity index (χ1v) is 8.58. The fourth-order valence-corrected chi connectivity index (χ4v) is 3.82. The Kier molecular flexibility index (Phi) is 6.60. The summed E-state index contributed by atoms with van der Waals surface area (Å²) in [4.78, 5) is 0.238. The lowest BCUT2D eigenvalue weighted by atomic mass is 10.2. The zero-order chi connectivity index (χ0) is 15.3. The standard InChI is InChI=1S/C13H21BrN2O3S/c1-10(2)19-7-6-16(3)20(17,18)13-5-4-11(9-15)8-12(13)14/h4-5,8,10H,6-7,9,15H2,1-3H3. The number of halogens is 1. The van der Waals surface area contributed by atoms with Gasteiger partial charge in [-0.25, -0.2) is 8.42 Å². The van der Waals surface area contributed by atoms with Gasteiger partial charge in [0.25, 0.3) is 0 Å². The topological polar surface area (TPSA) is 72.6 Å². The molecule has 5 nitrogen and oxygen atoms in total. The summed E-state index contributed by atoms with van der Waals surface area (Å²) in [6, 6.07) is 5.02. The van der Waals surface area contributed by atoms with Crippen molar-refractivity contribution in [3.05, 3.63) is 28.2 Å². The molecule has 7 heteroatoms. The summed E-state index contributed by atoms with van der Waals surface area (Å²) in [7, 11) is -1.98. The number of hydrogen-bond acceptors (Lipinski definition) is 4. The highest BCUT2D eigenvalue weighted by molar-refractivity contribution is 9.10. The summed E-state index contributed by atoms with van der Waals surface area (Å²) in [5.41, 5.74) is 6.41. The molecule has 0 fully saturated rings. The number of benzene rings is 1.